The van der Waals surface area contributed by atoms with Crippen LogP contribution in [0.5, 0.6) is 0 Å². The molecule has 1 atom stereocenters. The Kier molecular flexibility index (Phi) is 5.56. The molecule has 0 fully saturated rings. The molecule has 0 aliphatic rings. The Morgan fingerprint density at radius 3 is 1.19 bits per heavy atom. The zero-order chi connectivity index (χ0) is 13.1. The fourth-order valence-corrected chi connectivity index (χ4v) is 2.56. The van der Waals surface area contributed by atoms with Gasteiger partial charge in [-0.2, -0.15) is 0 Å². The molecule has 16 heavy (non-hydrogen) atoms. The van der Waals surface area contributed by atoms with Gasteiger partial charge < -0.3 is 0 Å². The molecule has 0 rings (SSSR count). The van der Waals surface area contributed by atoms with Crippen LogP contribution in [0, 0.1) is 28.6 Å². The van der Waals surface area contributed by atoms with Gasteiger partial charge in [-0.25, -0.2) is 0 Å². The van der Waals surface area contributed by atoms with E-state index < -0.39 is 0 Å². The van der Waals surface area contributed by atoms with Crippen molar-refractivity contribution >= 4 is 0 Å². The summed E-state index contributed by atoms with van der Waals surface area (Å²) in [5, 5.41) is 0. The van der Waals surface area contributed by atoms with Crippen LogP contribution in [-0.4, -0.2) is 0 Å². The van der Waals surface area contributed by atoms with E-state index in [2.05, 4.69) is 62.3 Å². The summed E-state index contributed by atoms with van der Waals surface area (Å²) in [7, 11) is 0. The highest BCUT2D eigenvalue weighted by Gasteiger charge is 2.29. The quantitative estimate of drug-likeness (QED) is 0.571. The molecule has 98 valence electrons. The molecule has 0 spiro atoms. The molecule has 0 aliphatic carbocycles. The second kappa shape index (κ2) is 5.56. The smallest absolute Gasteiger partial charge is 0.0376 e. The molecular formula is C16H34. The van der Waals surface area contributed by atoms with Crippen molar-refractivity contribution in [3.63, 3.8) is 0 Å². The van der Waals surface area contributed by atoms with Crippen LogP contribution in [0.3, 0.4) is 0 Å². The van der Waals surface area contributed by atoms with Gasteiger partial charge in [-0.1, -0.05) is 62.3 Å². The third kappa shape index (κ3) is 7.30. The van der Waals surface area contributed by atoms with E-state index in [4.69, 9.17) is 0 Å². The van der Waals surface area contributed by atoms with Crippen LogP contribution in [0.25, 0.3) is 0 Å². The Balaban J connectivity index is 4.64. The predicted molar refractivity (Wildman–Crippen MR) is 75.6 cm³/mol. The van der Waals surface area contributed by atoms with Crippen LogP contribution in [-0.2, 0) is 0 Å². The molecule has 0 nitrogen and oxygen atoms in total. The van der Waals surface area contributed by atoms with E-state index in [0.717, 1.165) is 17.8 Å². The summed E-state index contributed by atoms with van der Waals surface area (Å²) >= 11 is 0. The molecule has 0 heteroatoms. The van der Waals surface area contributed by atoms with Crippen LogP contribution in [0.4, 0.5) is 0 Å². The molecular weight excluding hydrogens is 192 g/mol. The molecule has 0 saturated carbocycles. The van der Waals surface area contributed by atoms with Gasteiger partial charge in [0.05, 0.1) is 0 Å². The van der Waals surface area contributed by atoms with Crippen molar-refractivity contribution < 1.29 is 0 Å². The minimum Gasteiger partial charge on any atom is -0.0625 e. The minimum absolute atomic E-state index is 0.457. The molecule has 0 N–H and O–H groups in total. The average Bonchev–Trinajstić information content (AvgIpc) is 1.95. The van der Waals surface area contributed by atoms with Gasteiger partial charge in [0.25, 0.3) is 0 Å². The van der Waals surface area contributed by atoms with E-state index in [1.165, 1.54) is 12.8 Å². The van der Waals surface area contributed by atoms with Crippen molar-refractivity contribution in [2.45, 2.75) is 75.2 Å². The lowest BCUT2D eigenvalue weighted by atomic mass is 9.69. The molecule has 0 aliphatic heterocycles. The van der Waals surface area contributed by atoms with Crippen LogP contribution < -0.4 is 0 Å². The minimum atomic E-state index is 0.457. The van der Waals surface area contributed by atoms with E-state index in [-0.39, 0.29) is 0 Å². The normalized spacial score (nSPS) is 15.9. The van der Waals surface area contributed by atoms with Crippen LogP contribution >= 0.6 is 0 Å². The zero-order valence-corrected chi connectivity index (χ0v) is 13.1. The second-order valence-electron chi connectivity index (χ2n) is 8.39. The summed E-state index contributed by atoms with van der Waals surface area (Å²) in [4.78, 5) is 0. The van der Waals surface area contributed by atoms with Crippen molar-refractivity contribution in [1.29, 1.82) is 0 Å². The van der Waals surface area contributed by atoms with Crippen molar-refractivity contribution in [2.24, 2.45) is 28.6 Å². The first-order valence-electron chi connectivity index (χ1n) is 6.92. The molecule has 0 bridgehead atoms. The van der Waals surface area contributed by atoms with Crippen molar-refractivity contribution in [3.05, 3.63) is 0 Å². The zero-order valence-electron chi connectivity index (χ0n) is 13.1. The maximum absolute atomic E-state index is 2.44. The lowest BCUT2D eigenvalue weighted by molar-refractivity contribution is 0.142. The first-order valence-corrected chi connectivity index (χ1v) is 6.92. The summed E-state index contributed by atoms with van der Waals surface area (Å²) < 4.78 is 0. The molecule has 0 radical (unpaired) electrons. The Morgan fingerprint density at radius 1 is 0.688 bits per heavy atom. The topological polar surface area (TPSA) is 0 Å². The molecule has 0 heterocycles. The van der Waals surface area contributed by atoms with Crippen molar-refractivity contribution in [1.82, 2.24) is 0 Å². The lowest BCUT2D eigenvalue weighted by Gasteiger charge is -2.36. The summed E-state index contributed by atoms with van der Waals surface area (Å²) in [6.45, 7) is 21.4. The van der Waals surface area contributed by atoms with Crippen LogP contribution in [0.1, 0.15) is 75.2 Å². The summed E-state index contributed by atoms with van der Waals surface area (Å²) in [6.07, 6.45) is 2.70. The van der Waals surface area contributed by atoms with Gasteiger partial charge in [0.2, 0.25) is 0 Å². The fourth-order valence-electron chi connectivity index (χ4n) is 2.56. The van der Waals surface area contributed by atoms with E-state index in [1.807, 2.05) is 0 Å². The SMILES string of the molecule is CC(C)C(C)C(CC(C)(C)C)CC(C)(C)C. The average molecular weight is 226 g/mol. The standard InChI is InChI=1S/C16H34/c1-12(2)13(3)14(10-15(4,5)6)11-16(7,8)9/h12-14H,10-11H2,1-9H3. The largest absolute Gasteiger partial charge is 0.0625 e. The molecule has 0 aromatic carbocycles. The maximum atomic E-state index is 2.44. The van der Waals surface area contributed by atoms with Gasteiger partial charge in [0.15, 0.2) is 0 Å². The van der Waals surface area contributed by atoms with E-state index in [9.17, 15) is 0 Å². The molecule has 0 aromatic heterocycles. The number of rotatable bonds is 4. The van der Waals surface area contributed by atoms with Crippen LogP contribution in [0.2, 0.25) is 0 Å². The van der Waals surface area contributed by atoms with E-state index in [1.54, 1.807) is 0 Å². The Morgan fingerprint density at radius 2 is 1.00 bits per heavy atom. The van der Waals surface area contributed by atoms with E-state index >= 15 is 0 Å². The Labute approximate surface area is 104 Å². The lowest BCUT2D eigenvalue weighted by Crippen LogP contribution is -2.26. The monoisotopic (exact) mass is 226 g/mol. The van der Waals surface area contributed by atoms with Gasteiger partial charge in [-0.15, -0.1) is 0 Å². The van der Waals surface area contributed by atoms with Gasteiger partial charge >= 0.3 is 0 Å². The first kappa shape index (κ1) is 16.0. The Hall–Kier alpha value is 0. The summed E-state index contributed by atoms with van der Waals surface area (Å²) in [5.41, 5.74) is 0.915. The fraction of sp³-hybridized carbons (Fsp3) is 1.00. The predicted octanol–water partition coefficient (Wildman–Crippen LogP) is 5.77. The summed E-state index contributed by atoms with van der Waals surface area (Å²) in [5.74, 6) is 2.49. The van der Waals surface area contributed by atoms with Crippen LogP contribution in [0.15, 0.2) is 0 Å². The highest BCUT2D eigenvalue weighted by Crippen LogP contribution is 2.39. The third-order valence-electron chi connectivity index (χ3n) is 3.54. The molecule has 0 amide bonds. The number of hydrogen-bond donors (Lipinski definition) is 0. The summed E-state index contributed by atoms with van der Waals surface area (Å²) in [6, 6.07) is 0. The number of hydrogen-bond acceptors (Lipinski definition) is 0. The van der Waals surface area contributed by atoms with Gasteiger partial charge in [-0.05, 0) is 41.4 Å². The van der Waals surface area contributed by atoms with Gasteiger partial charge in [-0.3, -0.25) is 0 Å². The highest BCUT2D eigenvalue weighted by molar-refractivity contribution is 4.79. The van der Waals surface area contributed by atoms with Crippen molar-refractivity contribution in [3.8, 4) is 0 Å². The molecule has 0 aromatic rings. The van der Waals surface area contributed by atoms with Gasteiger partial charge in [0.1, 0.15) is 0 Å². The molecule has 0 saturated heterocycles. The van der Waals surface area contributed by atoms with E-state index in [0.29, 0.717) is 10.8 Å². The van der Waals surface area contributed by atoms with Crippen molar-refractivity contribution in [2.75, 3.05) is 0 Å². The highest BCUT2D eigenvalue weighted by atomic mass is 14.3. The third-order valence-corrected chi connectivity index (χ3v) is 3.54. The van der Waals surface area contributed by atoms with Gasteiger partial charge in [0, 0.05) is 0 Å². The maximum Gasteiger partial charge on any atom is -0.0376 e. The molecule has 1 unspecified atom stereocenters. The second-order valence-corrected chi connectivity index (χ2v) is 8.39. The Bertz CT molecular complexity index is 171. The first-order chi connectivity index (χ1) is 6.92.